The summed E-state index contributed by atoms with van der Waals surface area (Å²) >= 11 is 0. The molecule has 1 aliphatic heterocycles. The van der Waals surface area contributed by atoms with Crippen LogP contribution in [0.1, 0.15) is 22.4 Å². The molecule has 2 rings (SSSR count). The van der Waals surface area contributed by atoms with Gasteiger partial charge in [0.25, 0.3) is 5.91 Å². The van der Waals surface area contributed by atoms with Crippen LogP contribution in [0.4, 0.5) is 0 Å². The van der Waals surface area contributed by atoms with Crippen molar-refractivity contribution >= 4 is 5.91 Å². The number of carbonyl (C=O) groups excluding carboxylic acids is 1. The molecule has 1 fully saturated rings. The second-order valence-corrected chi connectivity index (χ2v) is 3.76. The van der Waals surface area contributed by atoms with E-state index in [1.54, 1.807) is 4.90 Å². The Hall–Kier alpha value is -1.44. The predicted molar refractivity (Wildman–Crippen MR) is 57.2 cm³/mol. The highest BCUT2D eigenvalue weighted by Crippen LogP contribution is 2.12. The Labute approximate surface area is 98.2 Å². The molecule has 1 aliphatic rings. The SMILES string of the molecule is NC(CO)c1nc(C(=O)N2CCOCC2)co1. The second-order valence-electron chi connectivity index (χ2n) is 3.76. The summed E-state index contributed by atoms with van der Waals surface area (Å²) in [4.78, 5) is 17.6. The number of rotatable bonds is 3. The lowest BCUT2D eigenvalue weighted by Gasteiger charge is -2.25. The maximum atomic E-state index is 12.0. The summed E-state index contributed by atoms with van der Waals surface area (Å²) in [6, 6.07) is -0.693. The smallest absolute Gasteiger partial charge is 0.275 e. The van der Waals surface area contributed by atoms with Gasteiger partial charge in [-0.1, -0.05) is 0 Å². The highest BCUT2D eigenvalue weighted by molar-refractivity contribution is 5.92. The first kappa shape index (κ1) is 12.0. The maximum Gasteiger partial charge on any atom is 0.275 e. The van der Waals surface area contributed by atoms with Crippen LogP contribution in [0, 0.1) is 0 Å². The third-order valence-corrected chi connectivity index (χ3v) is 2.55. The van der Waals surface area contributed by atoms with Crippen molar-refractivity contribution in [1.82, 2.24) is 9.88 Å². The van der Waals surface area contributed by atoms with Crippen LogP contribution in [0.2, 0.25) is 0 Å². The number of ether oxygens (including phenoxy) is 1. The number of nitrogens with two attached hydrogens (primary N) is 1. The van der Waals surface area contributed by atoms with Crippen molar-refractivity contribution in [3.63, 3.8) is 0 Å². The first-order valence-corrected chi connectivity index (χ1v) is 5.41. The molecule has 0 spiro atoms. The minimum atomic E-state index is -0.693. The van der Waals surface area contributed by atoms with Crippen LogP contribution >= 0.6 is 0 Å². The maximum absolute atomic E-state index is 12.0. The van der Waals surface area contributed by atoms with Crippen molar-refractivity contribution in [2.45, 2.75) is 6.04 Å². The number of hydrogen-bond donors (Lipinski definition) is 2. The number of aliphatic hydroxyl groups is 1. The van der Waals surface area contributed by atoms with Gasteiger partial charge in [0.2, 0.25) is 5.89 Å². The molecule has 3 N–H and O–H groups in total. The molecule has 0 bridgehead atoms. The fourth-order valence-electron chi connectivity index (χ4n) is 1.56. The number of oxazole rings is 1. The normalized spacial score (nSPS) is 18.1. The van der Waals surface area contributed by atoms with Crippen LogP contribution in [0.25, 0.3) is 0 Å². The Morgan fingerprint density at radius 2 is 2.29 bits per heavy atom. The number of nitrogens with zero attached hydrogens (tertiary/aromatic N) is 2. The van der Waals surface area contributed by atoms with Gasteiger partial charge in [0.05, 0.1) is 19.8 Å². The molecule has 0 saturated carbocycles. The highest BCUT2D eigenvalue weighted by Gasteiger charge is 2.22. The van der Waals surface area contributed by atoms with E-state index >= 15 is 0 Å². The number of hydrogen-bond acceptors (Lipinski definition) is 6. The van der Waals surface area contributed by atoms with Crippen molar-refractivity contribution in [1.29, 1.82) is 0 Å². The van der Waals surface area contributed by atoms with Crippen LogP contribution in [0.3, 0.4) is 0 Å². The Morgan fingerprint density at radius 3 is 2.94 bits per heavy atom. The van der Waals surface area contributed by atoms with Gasteiger partial charge in [0.1, 0.15) is 12.3 Å². The zero-order valence-electron chi connectivity index (χ0n) is 9.33. The van der Waals surface area contributed by atoms with E-state index < -0.39 is 6.04 Å². The number of carbonyl (C=O) groups is 1. The number of amides is 1. The molecule has 1 unspecified atom stereocenters. The van der Waals surface area contributed by atoms with E-state index in [4.69, 9.17) is 20.0 Å². The zero-order chi connectivity index (χ0) is 12.3. The molecule has 1 amide bonds. The lowest BCUT2D eigenvalue weighted by atomic mass is 10.3. The van der Waals surface area contributed by atoms with E-state index in [2.05, 4.69) is 4.98 Å². The monoisotopic (exact) mass is 241 g/mol. The average molecular weight is 241 g/mol. The summed E-state index contributed by atoms with van der Waals surface area (Å²) in [6.07, 6.45) is 1.27. The van der Waals surface area contributed by atoms with E-state index in [0.717, 1.165) is 0 Å². The molecule has 1 saturated heterocycles. The fraction of sp³-hybridized carbons (Fsp3) is 0.600. The fourth-order valence-corrected chi connectivity index (χ4v) is 1.56. The van der Waals surface area contributed by atoms with Gasteiger partial charge < -0.3 is 24.9 Å². The van der Waals surface area contributed by atoms with Crippen molar-refractivity contribution in [2.24, 2.45) is 5.73 Å². The molecule has 1 aromatic rings. The quantitative estimate of drug-likeness (QED) is 0.714. The molecule has 0 radical (unpaired) electrons. The van der Waals surface area contributed by atoms with Crippen molar-refractivity contribution in [2.75, 3.05) is 32.9 Å². The zero-order valence-corrected chi connectivity index (χ0v) is 9.33. The van der Waals surface area contributed by atoms with Crippen LogP contribution < -0.4 is 5.73 Å². The lowest BCUT2D eigenvalue weighted by molar-refractivity contribution is 0.0299. The van der Waals surface area contributed by atoms with Crippen LogP contribution in [0.5, 0.6) is 0 Å². The molecule has 1 atom stereocenters. The van der Waals surface area contributed by atoms with Gasteiger partial charge in [-0.15, -0.1) is 0 Å². The molecule has 2 heterocycles. The van der Waals surface area contributed by atoms with Crippen LogP contribution in [-0.2, 0) is 4.74 Å². The summed E-state index contributed by atoms with van der Waals surface area (Å²) in [7, 11) is 0. The predicted octanol–water partition coefficient (Wildman–Crippen LogP) is -0.861. The Balaban J connectivity index is 2.06. The Morgan fingerprint density at radius 1 is 1.59 bits per heavy atom. The number of morpholine rings is 1. The van der Waals surface area contributed by atoms with Gasteiger partial charge in [-0.05, 0) is 0 Å². The summed E-state index contributed by atoms with van der Waals surface area (Å²) in [6.45, 7) is 1.89. The first-order chi connectivity index (χ1) is 8.22. The third-order valence-electron chi connectivity index (χ3n) is 2.55. The van der Waals surface area contributed by atoms with Crippen LogP contribution in [-0.4, -0.2) is 53.8 Å². The van der Waals surface area contributed by atoms with E-state index in [0.29, 0.717) is 26.3 Å². The molecule has 1 aromatic heterocycles. The first-order valence-electron chi connectivity index (χ1n) is 5.41. The largest absolute Gasteiger partial charge is 0.446 e. The molecule has 94 valence electrons. The molecule has 17 heavy (non-hydrogen) atoms. The third kappa shape index (κ3) is 2.63. The molecule has 0 aromatic carbocycles. The van der Waals surface area contributed by atoms with E-state index in [1.807, 2.05) is 0 Å². The molecular weight excluding hydrogens is 226 g/mol. The van der Waals surface area contributed by atoms with Gasteiger partial charge in [-0.2, -0.15) is 0 Å². The molecular formula is C10H15N3O4. The minimum absolute atomic E-state index is 0.170. The highest BCUT2D eigenvalue weighted by atomic mass is 16.5. The second kappa shape index (κ2) is 5.26. The van der Waals surface area contributed by atoms with Gasteiger partial charge >= 0.3 is 0 Å². The van der Waals surface area contributed by atoms with E-state index in [1.165, 1.54) is 6.26 Å². The van der Waals surface area contributed by atoms with Crippen LogP contribution in [0.15, 0.2) is 10.7 Å². The van der Waals surface area contributed by atoms with Gasteiger partial charge in [-0.25, -0.2) is 4.98 Å². The summed E-state index contributed by atoms with van der Waals surface area (Å²) < 4.78 is 10.2. The molecule has 7 heteroatoms. The van der Waals surface area contributed by atoms with Crippen molar-refractivity contribution in [3.8, 4) is 0 Å². The minimum Gasteiger partial charge on any atom is -0.446 e. The topological polar surface area (TPSA) is 102 Å². The number of aliphatic hydroxyl groups excluding tert-OH is 1. The standard InChI is InChI=1S/C10H15N3O4/c11-7(5-14)9-12-8(6-17-9)10(15)13-1-3-16-4-2-13/h6-7,14H,1-5,11H2. The Kier molecular flexibility index (Phi) is 3.72. The van der Waals surface area contributed by atoms with E-state index in [-0.39, 0.29) is 24.1 Å². The average Bonchev–Trinajstić information content (AvgIpc) is 2.87. The van der Waals surface area contributed by atoms with Gasteiger partial charge in [0.15, 0.2) is 5.69 Å². The molecule has 0 aliphatic carbocycles. The van der Waals surface area contributed by atoms with Crippen molar-refractivity contribution < 1.29 is 19.1 Å². The summed E-state index contributed by atoms with van der Waals surface area (Å²) in [5.41, 5.74) is 5.75. The summed E-state index contributed by atoms with van der Waals surface area (Å²) in [5, 5.41) is 8.85. The summed E-state index contributed by atoms with van der Waals surface area (Å²) in [5.74, 6) is -0.0300. The number of aromatic nitrogens is 1. The van der Waals surface area contributed by atoms with Gasteiger partial charge in [-0.3, -0.25) is 4.79 Å². The lowest BCUT2D eigenvalue weighted by Crippen LogP contribution is -2.40. The van der Waals surface area contributed by atoms with Gasteiger partial charge in [0, 0.05) is 13.1 Å². The molecule has 7 nitrogen and oxygen atoms in total. The van der Waals surface area contributed by atoms with E-state index in [9.17, 15) is 4.79 Å². The Bertz CT molecular complexity index is 387. The van der Waals surface area contributed by atoms with Crippen molar-refractivity contribution in [3.05, 3.63) is 17.8 Å².